The van der Waals surface area contributed by atoms with Gasteiger partial charge in [0.15, 0.2) is 0 Å². The Hall–Kier alpha value is -4.27. The molecule has 2 aromatic carbocycles. The number of carbonyl (C=O) groups is 1. The van der Waals surface area contributed by atoms with Crippen molar-refractivity contribution in [3.8, 4) is 22.6 Å². The van der Waals surface area contributed by atoms with Crippen molar-refractivity contribution >= 4 is 11.8 Å². The standard InChI is InChI=1S/C26H28N4O5/c1-26(2,3)20-14-17(30-11-10-22(31)27-24(30)32)13-19(23(20)34-4)16-6-8-18-15(12-16)7-9-21(18)28-29-25(33)35-5/h6,8-14,28H,7H2,1-5H3,(H,29,33)(H,27,31,32). The van der Waals surface area contributed by atoms with Crippen LogP contribution in [-0.4, -0.2) is 29.9 Å². The Kier molecular flexibility index (Phi) is 6.26. The van der Waals surface area contributed by atoms with E-state index in [1.54, 1.807) is 7.11 Å². The van der Waals surface area contributed by atoms with Gasteiger partial charge in [0.25, 0.3) is 5.56 Å². The lowest BCUT2D eigenvalue weighted by molar-refractivity contribution is 0.168. The Bertz CT molecular complexity index is 1440. The van der Waals surface area contributed by atoms with E-state index in [1.165, 1.54) is 23.9 Å². The van der Waals surface area contributed by atoms with Crippen molar-refractivity contribution in [2.45, 2.75) is 32.6 Å². The molecule has 9 nitrogen and oxygen atoms in total. The number of H-pyrrole nitrogens is 1. The van der Waals surface area contributed by atoms with Crippen molar-refractivity contribution in [1.29, 1.82) is 0 Å². The summed E-state index contributed by atoms with van der Waals surface area (Å²) in [6.07, 6.45) is 3.56. The smallest absolute Gasteiger partial charge is 0.425 e. The van der Waals surface area contributed by atoms with Gasteiger partial charge in [-0.05, 0) is 35.1 Å². The van der Waals surface area contributed by atoms with E-state index in [0.29, 0.717) is 12.1 Å². The van der Waals surface area contributed by atoms with Gasteiger partial charge in [-0.3, -0.25) is 19.8 Å². The molecular formula is C26H28N4O5. The Morgan fingerprint density at radius 2 is 1.83 bits per heavy atom. The van der Waals surface area contributed by atoms with E-state index in [2.05, 4.69) is 47.4 Å². The van der Waals surface area contributed by atoms with Crippen molar-refractivity contribution in [3.05, 3.63) is 86.2 Å². The van der Waals surface area contributed by atoms with E-state index >= 15 is 0 Å². The number of methoxy groups -OCH3 is 2. The minimum Gasteiger partial charge on any atom is -0.496 e. The summed E-state index contributed by atoms with van der Waals surface area (Å²) in [6.45, 7) is 6.23. The van der Waals surface area contributed by atoms with Gasteiger partial charge in [0.1, 0.15) is 5.75 Å². The highest BCUT2D eigenvalue weighted by Gasteiger charge is 2.25. The van der Waals surface area contributed by atoms with Crippen LogP contribution in [0.1, 0.15) is 37.5 Å². The van der Waals surface area contributed by atoms with Crippen LogP contribution in [0.15, 0.2) is 58.3 Å². The first-order valence-electron chi connectivity index (χ1n) is 11.1. The number of benzene rings is 2. The zero-order chi connectivity index (χ0) is 25.3. The van der Waals surface area contributed by atoms with Gasteiger partial charge < -0.3 is 9.47 Å². The first kappa shape index (κ1) is 23.9. The molecule has 0 atom stereocenters. The molecule has 0 fully saturated rings. The maximum Gasteiger partial charge on any atom is 0.425 e. The number of fused-ring (bicyclic) bond motifs is 1. The molecule has 1 aromatic heterocycles. The number of hydrogen-bond acceptors (Lipinski definition) is 6. The molecule has 0 spiro atoms. The average Bonchev–Trinajstić information content (AvgIpc) is 3.23. The van der Waals surface area contributed by atoms with Crippen LogP contribution in [0.25, 0.3) is 22.5 Å². The van der Waals surface area contributed by atoms with Crippen molar-refractivity contribution in [2.24, 2.45) is 0 Å². The maximum absolute atomic E-state index is 12.5. The fourth-order valence-corrected chi connectivity index (χ4v) is 4.17. The van der Waals surface area contributed by atoms with E-state index in [9.17, 15) is 14.4 Å². The summed E-state index contributed by atoms with van der Waals surface area (Å²) >= 11 is 0. The van der Waals surface area contributed by atoms with E-state index < -0.39 is 17.3 Å². The first-order valence-corrected chi connectivity index (χ1v) is 11.1. The third-order valence-corrected chi connectivity index (χ3v) is 5.91. The number of nitrogens with one attached hydrogen (secondary N) is 3. The molecule has 0 aliphatic heterocycles. The summed E-state index contributed by atoms with van der Waals surface area (Å²) in [5, 5.41) is 0. The SMILES string of the molecule is COC(=O)NNC1=CCc2cc(-c3cc(-n4ccc(=O)[nH]c4=O)cc(C(C)(C)C)c3OC)ccc21. The molecule has 9 heteroatoms. The molecule has 4 rings (SSSR count). The fourth-order valence-electron chi connectivity index (χ4n) is 4.17. The number of aromatic nitrogens is 2. The third kappa shape index (κ3) is 4.70. The van der Waals surface area contributed by atoms with Gasteiger partial charge in [0.2, 0.25) is 0 Å². The summed E-state index contributed by atoms with van der Waals surface area (Å²) in [7, 11) is 2.93. The molecule has 0 unspecified atom stereocenters. The first-order chi connectivity index (χ1) is 16.6. The quantitative estimate of drug-likeness (QED) is 0.487. The van der Waals surface area contributed by atoms with Crippen molar-refractivity contribution < 1.29 is 14.3 Å². The molecular weight excluding hydrogens is 448 g/mol. The number of allylic oxidation sites excluding steroid dienone is 1. The van der Waals surface area contributed by atoms with Gasteiger partial charge in [-0.25, -0.2) is 15.0 Å². The molecule has 3 aromatic rings. The number of ether oxygens (including phenoxy) is 2. The van der Waals surface area contributed by atoms with Crippen LogP contribution in [0.3, 0.4) is 0 Å². The summed E-state index contributed by atoms with van der Waals surface area (Å²) in [5.74, 6) is 0.718. The number of carbonyl (C=O) groups excluding carboxylic acids is 1. The summed E-state index contributed by atoms with van der Waals surface area (Å²) in [6, 6.07) is 11.1. The predicted molar refractivity (Wildman–Crippen MR) is 134 cm³/mol. The second-order valence-corrected chi connectivity index (χ2v) is 9.24. The lowest BCUT2D eigenvalue weighted by atomic mass is 9.83. The lowest BCUT2D eigenvalue weighted by Gasteiger charge is -2.26. The number of nitrogens with zero attached hydrogens (tertiary/aromatic N) is 1. The van der Waals surface area contributed by atoms with Crippen LogP contribution in [0.5, 0.6) is 5.75 Å². The Morgan fingerprint density at radius 1 is 1.06 bits per heavy atom. The lowest BCUT2D eigenvalue weighted by Crippen LogP contribution is -2.35. The van der Waals surface area contributed by atoms with E-state index in [1.807, 2.05) is 30.3 Å². The van der Waals surface area contributed by atoms with Gasteiger partial charge in [-0.2, -0.15) is 0 Å². The Balaban J connectivity index is 1.83. The molecule has 3 N–H and O–H groups in total. The Morgan fingerprint density at radius 3 is 2.49 bits per heavy atom. The number of hydrazine groups is 1. The molecule has 1 amide bonds. The highest BCUT2D eigenvalue weighted by atomic mass is 16.5. The van der Waals surface area contributed by atoms with Crippen LogP contribution < -0.4 is 26.8 Å². The normalized spacial score (nSPS) is 12.5. The van der Waals surface area contributed by atoms with E-state index in [0.717, 1.165) is 39.3 Å². The number of hydrogen-bond donors (Lipinski definition) is 3. The Labute approximate surface area is 202 Å². The van der Waals surface area contributed by atoms with Crippen LogP contribution in [0.2, 0.25) is 0 Å². The molecule has 0 saturated heterocycles. The summed E-state index contributed by atoms with van der Waals surface area (Å²) in [4.78, 5) is 37.9. The van der Waals surface area contributed by atoms with E-state index in [4.69, 9.17) is 4.74 Å². The van der Waals surface area contributed by atoms with E-state index in [-0.39, 0.29) is 5.41 Å². The number of rotatable bonds is 5. The molecule has 1 aliphatic carbocycles. The van der Waals surface area contributed by atoms with Crippen molar-refractivity contribution in [2.75, 3.05) is 14.2 Å². The van der Waals surface area contributed by atoms with Crippen LogP contribution >= 0.6 is 0 Å². The molecule has 0 radical (unpaired) electrons. The molecule has 1 heterocycles. The molecule has 182 valence electrons. The number of amides is 1. The second-order valence-electron chi connectivity index (χ2n) is 9.24. The zero-order valence-corrected chi connectivity index (χ0v) is 20.3. The molecule has 35 heavy (non-hydrogen) atoms. The van der Waals surface area contributed by atoms with Gasteiger partial charge in [0.05, 0.1) is 25.6 Å². The molecule has 0 saturated carbocycles. The number of aromatic amines is 1. The fraction of sp³-hybridized carbons (Fsp3) is 0.269. The van der Waals surface area contributed by atoms with Gasteiger partial charge >= 0.3 is 11.8 Å². The third-order valence-electron chi connectivity index (χ3n) is 5.91. The molecule has 1 aliphatic rings. The highest BCUT2D eigenvalue weighted by molar-refractivity contribution is 5.81. The monoisotopic (exact) mass is 476 g/mol. The van der Waals surface area contributed by atoms with Crippen molar-refractivity contribution in [1.82, 2.24) is 20.4 Å². The van der Waals surface area contributed by atoms with Gasteiger partial charge in [-0.1, -0.05) is 45.0 Å². The van der Waals surface area contributed by atoms with Gasteiger partial charge in [0, 0.05) is 29.0 Å². The van der Waals surface area contributed by atoms with Crippen LogP contribution in [0, 0.1) is 0 Å². The van der Waals surface area contributed by atoms with Crippen LogP contribution in [-0.2, 0) is 16.6 Å². The van der Waals surface area contributed by atoms with Gasteiger partial charge in [-0.15, -0.1) is 0 Å². The minimum absolute atomic E-state index is 0.281. The summed E-state index contributed by atoms with van der Waals surface area (Å²) < 4.78 is 11.9. The maximum atomic E-state index is 12.5. The second kappa shape index (κ2) is 9.17. The zero-order valence-electron chi connectivity index (χ0n) is 20.3. The predicted octanol–water partition coefficient (Wildman–Crippen LogP) is 3.26. The topological polar surface area (TPSA) is 114 Å². The highest BCUT2D eigenvalue weighted by Crippen LogP contribution is 2.42. The largest absolute Gasteiger partial charge is 0.496 e. The summed E-state index contributed by atoms with van der Waals surface area (Å²) in [5.41, 5.74) is 10.2. The van der Waals surface area contributed by atoms with Crippen LogP contribution in [0.4, 0.5) is 4.79 Å². The average molecular weight is 477 g/mol. The van der Waals surface area contributed by atoms with Crippen molar-refractivity contribution in [3.63, 3.8) is 0 Å². The minimum atomic E-state index is -0.579. The molecule has 0 bridgehead atoms.